The number of nitrogens with zero attached hydrogens (tertiary/aromatic N) is 3. The fraction of sp³-hybridized carbons (Fsp3) is 0.583. The topological polar surface area (TPSA) is 67.6 Å². The minimum absolute atomic E-state index is 0.0236. The molecule has 0 radical (unpaired) electrons. The van der Waals surface area contributed by atoms with Gasteiger partial charge in [0.05, 0.1) is 12.9 Å². The molecule has 6 heteroatoms. The van der Waals surface area contributed by atoms with Crippen LogP contribution in [0.5, 0.6) is 5.75 Å². The summed E-state index contributed by atoms with van der Waals surface area (Å²) in [5, 5.41) is 9.33. The number of rotatable bonds is 14. The first kappa shape index (κ1) is 22.2. The first-order valence-corrected chi connectivity index (χ1v) is 11.4. The molecular weight excluding hydrogens is 378 g/mol. The van der Waals surface area contributed by atoms with Gasteiger partial charge in [0.15, 0.2) is 0 Å². The molecule has 0 fully saturated rings. The highest BCUT2D eigenvalue weighted by Gasteiger charge is 2.32. The number of carboxylic acids is 1. The number of carbonyl (C=O) groups is 1. The van der Waals surface area contributed by atoms with Gasteiger partial charge < -0.3 is 19.3 Å². The molecule has 6 nitrogen and oxygen atoms in total. The summed E-state index contributed by atoms with van der Waals surface area (Å²) < 4.78 is 8.27. The Labute approximate surface area is 179 Å². The molecular formula is C24H35N3O3. The summed E-state index contributed by atoms with van der Waals surface area (Å²) in [6.45, 7) is 4.56. The van der Waals surface area contributed by atoms with Crippen LogP contribution >= 0.6 is 0 Å². The predicted octanol–water partition coefficient (Wildman–Crippen LogP) is 5.09. The summed E-state index contributed by atoms with van der Waals surface area (Å²) in [4.78, 5) is 17.4. The molecule has 0 saturated carbocycles. The van der Waals surface area contributed by atoms with Crippen LogP contribution in [0.3, 0.4) is 0 Å². The van der Waals surface area contributed by atoms with E-state index in [1.807, 2.05) is 35.6 Å². The molecule has 1 aromatic carbocycles. The number of hydrogen-bond donors (Lipinski definition) is 1. The normalized spacial score (nSPS) is 15.4. The fourth-order valence-electron chi connectivity index (χ4n) is 4.31. The third-order valence-electron chi connectivity index (χ3n) is 5.86. The molecule has 1 atom stereocenters. The zero-order valence-electron chi connectivity index (χ0n) is 18.1. The van der Waals surface area contributed by atoms with Crippen LogP contribution in [0.1, 0.15) is 69.8 Å². The van der Waals surface area contributed by atoms with Crippen LogP contribution in [-0.2, 0) is 11.3 Å². The number of fused-ring (bicyclic) bond motifs is 1. The number of imidazole rings is 1. The van der Waals surface area contributed by atoms with Gasteiger partial charge in [-0.15, -0.1) is 0 Å². The molecule has 30 heavy (non-hydrogen) atoms. The van der Waals surface area contributed by atoms with Gasteiger partial charge in [-0.3, -0.25) is 4.79 Å². The van der Waals surface area contributed by atoms with E-state index >= 15 is 0 Å². The maximum Gasteiger partial charge on any atom is 0.323 e. The number of hydrogen-bond acceptors (Lipinski definition) is 4. The number of carboxylic acid groups (broad SMARTS) is 1. The third kappa shape index (κ3) is 6.25. The van der Waals surface area contributed by atoms with Crippen molar-refractivity contribution in [2.24, 2.45) is 0 Å². The van der Waals surface area contributed by atoms with Crippen molar-refractivity contribution in [3.05, 3.63) is 42.5 Å². The predicted molar refractivity (Wildman–Crippen MR) is 119 cm³/mol. The average molecular weight is 414 g/mol. The van der Waals surface area contributed by atoms with E-state index in [1.165, 1.54) is 44.1 Å². The summed E-state index contributed by atoms with van der Waals surface area (Å²) in [6.07, 6.45) is 15.3. The van der Waals surface area contributed by atoms with E-state index in [2.05, 4.69) is 16.5 Å². The molecule has 0 amide bonds. The second-order valence-corrected chi connectivity index (χ2v) is 8.22. The van der Waals surface area contributed by atoms with E-state index in [0.29, 0.717) is 6.54 Å². The van der Waals surface area contributed by atoms with Gasteiger partial charge in [0.2, 0.25) is 0 Å². The summed E-state index contributed by atoms with van der Waals surface area (Å²) >= 11 is 0. The number of ether oxygens (including phenoxy) is 1. The Balaban J connectivity index is 1.60. The molecule has 2 heterocycles. The smallest absolute Gasteiger partial charge is 0.323 e. The first-order chi connectivity index (χ1) is 14.7. The lowest BCUT2D eigenvalue weighted by Gasteiger charge is -2.17. The zero-order chi connectivity index (χ0) is 21.2. The van der Waals surface area contributed by atoms with E-state index in [4.69, 9.17) is 4.74 Å². The van der Waals surface area contributed by atoms with Gasteiger partial charge in [-0.05, 0) is 25.0 Å². The fourth-order valence-corrected chi connectivity index (χ4v) is 4.31. The molecule has 1 aliphatic rings. The van der Waals surface area contributed by atoms with Crippen molar-refractivity contribution in [1.29, 1.82) is 0 Å². The number of aryl methyl sites for hydroxylation is 1. The zero-order valence-corrected chi connectivity index (χ0v) is 18.1. The Kier molecular flexibility index (Phi) is 8.60. The van der Waals surface area contributed by atoms with Crippen LogP contribution in [-0.4, -0.2) is 40.3 Å². The van der Waals surface area contributed by atoms with Crippen LogP contribution in [0.25, 0.3) is 0 Å². The molecule has 1 aliphatic heterocycles. The number of anilines is 1. The van der Waals surface area contributed by atoms with Crippen LogP contribution in [0.4, 0.5) is 5.69 Å². The molecule has 0 bridgehead atoms. The van der Waals surface area contributed by atoms with Crippen molar-refractivity contribution in [3.8, 4) is 5.75 Å². The SMILES string of the molecule is CCCCCCCCCOc1cccc2c1C(CCn1ccnc1)CN2CC(=O)O. The maximum absolute atomic E-state index is 11.4. The minimum atomic E-state index is -0.800. The van der Waals surface area contributed by atoms with Crippen LogP contribution < -0.4 is 9.64 Å². The molecule has 3 rings (SSSR count). The molecule has 0 aliphatic carbocycles. The van der Waals surface area contributed by atoms with Gasteiger partial charge in [-0.25, -0.2) is 4.98 Å². The van der Waals surface area contributed by atoms with E-state index in [9.17, 15) is 9.90 Å². The minimum Gasteiger partial charge on any atom is -0.493 e. The standard InChI is InChI=1S/C24H35N3O3/c1-2-3-4-5-6-7-8-16-30-22-11-9-10-21-24(22)20(17-27(21)18-23(28)29)12-14-26-15-13-25-19-26/h9-11,13,15,19-20H,2-8,12,14,16-18H2,1H3,(H,28,29). The van der Waals surface area contributed by atoms with Gasteiger partial charge in [-0.1, -0.05) is 51.5 Å². The van der Waals surface area contributed by atoms with E-state index in [-0.39, 0.29) is 12.5 Å². The van der Waals surface area contributed by atoms with Crippen molar-refractivity contribution in [2.45, 2.75) is 70.8 Å². The Morgan fingerprint density at radius 3 is 2.73 bits per heavy atom. The van der Waals surface area contributed by atoms with Crippen molar-refractivity contribution in [1.82, 2.24) is 9.55 Å². The molecule has 1 N–H and O–H groups in total. The lowest BCUT2D eigenvalue weighted by molar-refractivity contribution is -0.135. The van der Waals surface area contributed by atoms with Gasteiger partial charge in [0, 0.05) is 42.7 Å². The Morgan fingerprint density at radius 1 is 1.20 bits per heavy atom. The second kappa shape index (κ2) is 11.6. The molecule has 1 aromatic heterocycles. The van der Waals surface area contributed by atoms with Crippen LogP contribution in [0, 0.1) is 0 Å². The number of aliphatic carboxylic acids is 1. The Bertz CT molecular complexity index is 776. The highest BCUT2D eigenvalue weighted by molar-refractivity contribution is 5.77. The Morgan fingerprint density at radius 2 is 2.00 bits per heavy atom. The molecule has 0 saturated heterocycles. The molecule has 164 valence electrons. The van der Waals surface area contributed by atoms with Crippen molar-refractivity contribution in [3.63, 3.8) is 0 Å². The summed E-state index contributed by atoms with van der Waals surface area (Å²) in [5.41, 5.74) is 2.17. The lowest BCUT2D eigenvalue weighted by Crippen LogP contribution is -2.28. The quantitative estimate of drug-likeness (QED) is 0.437. The summed E-state index contributed by atoms with van der Waals surface area (Å²) in [5.74, 6) is 0.375. The van der Waals surface area contributed by atoms with Gasteiger partial charge >= 0.3 is 5.97 Å². The van der Waals surface area contributed by atoms with E-state index in [0.717, 1.165) is 37.4 Å². The number of aromatic nitrogens is 2. The number of benzene rings is 1. The molecule has 2 aromatic rings. The number of unbranched alkanes of at least 4 members (excludes halogenated alkanes) is 6. The van der Waals surface area contributed by atoms with Gasteiger partial charge in [0.25, 0.3) is 0 Å². The summed E-state index contributed by atoms with van der Waals surface area (Å²) in [6, 6.07) is 6.04. The largest absolute Gasteiger partial charge is 0.493 e. The van der Waals surface area contributed by atoms with Crippen LogP contribution in [0.2, 0.25) is 0 Å². The highest BCUT2D eigenvalue weighted by Crippen LogP contribution is 2.44. The average Bonchev–Trinajstić information content (AvgIpc) is 3.37. The maximum atomic E-state index is 11.4. The second-order valence-electron chi connectivity index (χ2n) is 8.22. The van der Waals surface area contributed by atoms with Crippen molar-refractivity contribution in [2.75, 3.05) is 24.6 Å². The van der Waals surface area contributed by atoms with Gasteiger partial charge in [0.1, 0.15) is 12.3 Å². The van der Waals surface area contributed by atoms with E-state index in [1.54, 1.807) is 6.20 Å². The van der Waals surface area contributed by atoms with Crippen molar-refractivity contribution >= 4 is 11.7 Å². The Hall–Kier alpha value is -2.50. The molecule has 0 spiro atoms. The summed E-state index contributed by atoms with van der Waals surface area (Å²) in [7, 11) is 0. The highest BCUT2D eigenvalue weighted by atomic mass is 16.5. The van der Waals surface area contributed by atoms with Crippen LogP contribution in [0.15, 0.2) is 36.9 Å². The molecule has 1 unspecified atom stereocenters. The van der Waals surface area contributed by atoms with Crippen molar-refractivity contribution < 1.29 is 14.6 Å². The van der Waals surface area contributed by atoms with Gasteiger partial charge in [-0.2, -0.15) is 0 Å². The monoisotopic (exact) mass is 413 g/mol. The first-order valence-electron chi connectivity index (χ1n) is 11.4. The van der Waals surface area contributed by atoms with E-state index < -0.39 is 5.97 Å². The third-order valence-corrected chi connectivity index (χ3v) is 5.86. The lowest BCUT2D eigenvalue weighted by atomic mass is 9.97.